The highest BCUT2D eigenvalue weighted by Gasteiger charge is 2.55. The van der Waals surface area contributed by atoms with Crippen LogP contribution in [0.3, 0.4) is 0 Å². The number of hydrogen-bond donors (Lipinski definition) is 0. The highest BCUT2D eigenvalue weighted by Crippen LogP contribution is 2.34. The van der Waals surface area contributed by atoms with Gasteiger partial charge in [0, 0.05) is 22.1 Å². The third-order valence-corrected chi connectivity index (χ3v) is 8.32. The summed E-state index contributed by atoms with van der Waals surface area (Å²) in [5, 5.41) is 0.707. The molecule has 0 spiro atoms. The van der Waals surface area contributed by atoms with Crippen LogP contribution in [0.4, 0.5) is 17.1 Å². The predicted octanol–water partition coefficient (Wildman–Crippen LogP) is 6.36. The predicted molar refractivity (Wildman–Crippen MR) is 187 cm³/mol. The number of halogens is 1. The minimum Gasteiger partial charge on any atom is -0.416 e. The van der Waals surface area contributed by atoms with Gasteiger partial charge in [-0.05, 0) is 58.9 Å². The quantitative estimate of drug-likeness (QED) is 0.216. The van der Waals surface area contributed by atoms with E-state index in [0.29, 0.717) is 5.02 Å². The molecular weight excluding hydrogens is 542 g/mol. The number of benzene rings is 6. The molecule has 1 aliphatic heterocycles. The molecule has 43 heavy (non-hydrogen) atoms. The SMILES string of the molecule is Clc1cccc(N2B(c3ccccc3)N(c3ccccc3)B(c3ccccc3)N(c3ccccc3)B2c2ccccc2)c1. The molecule has 0 N–H and O–H groups in total. The number of anilines is 3. The first kappa shape index (κ1) is 27.1. The summed E-state index contributed by atoms with van der Waals surface area (Å²) in [6, 6.07) is 62.3. The van der Waals surface area contributed by atoms with Crippen molar-refractivity contribution in [1.82, 2.24) is 0 Å². The monoisotopic (exact) mass is 571 g/mol. The molecule has 0 saturated carbocycles. The average Bonchev–Trinajstić information content (AvgIpc) is 3.09. The maximum atomic E-state index is 6.73. The van der Waals surface area contributed by atoms with Gasteiger partial charge in [-0.3, -0.25) is 0 Å². The van der Waals surface area contributed by atoms with E-state index in [-0.39, 0.29) is 20.9 Å². The summed E-state index contributed by atoms with van der Waals surface area (Å²) >= 11 is 6.73. The van der Waals surface area contributed by atoms with Crippen molar-refractivity contribution in [3.8, 4) is 0 Å². The lowest BCUT2D eigenvalue weighted by atomic mass is 9.37. The minimum absolute atomic E-state index is 0.142. The van der Waals surface area contributed by atoms with Crippen molar-refractivity contribution in [3.63, 3.8) is 0 Å². The normalized spacial score (nSPS) is 13.4. The highest BCUT2D eigenvalue weighted by atomic mass is 35.5. The summed E-state index contributed by atoms with van der Waals surface area (Å²) in [5.74, 6) is 0. The fraction of sp³-hybridized carbons (Fsp3) is 0. The van der Waals surface area contributed by atoms with Crippen molar-refractivity contribution < 1.29 is 0 Å². The molecule has 0 aliphatic carbocycles. The van der Waals surface area contributed by atoms with Crippen LogP contribution < -0.4 is 30.6 Å². The van der Waals surface area contributed by atoms with E-state index in [9.17, 15) is 0 Å². The van der Waals surface area contributed by atoms with Gasteiger partial charge in [0.2, 0.25) is 0 Å². The Morgan fingerprint density at radius 1 is 0.326 bits per heavy atom. The molecule has 0 amide bonds. The zero-order valence-electron chi connectivity index (χ0n) is 23.7. The van der Waals surface area contributed by atoms with Crippen LogP contribution in [0.2, 0.25) is 5.02 Å². The van der Waals surface area contributed by atoms with Gasteiger partial charge in [0.05, 0.1) is 0 Å². The first-order valence-corrected chi connectivity index (χ1v) is 15.0. The third kappa shape index (κ3) is 5.31. The van der Waals surface area contributed by atoms with Crippen LogP contribution in [0.25, 0.3) is 0 Å². The Morgan fingerprint density at radius 2 is 0.628 bits per heavy atom. The van der Waals surface area contributed by atoms with E-state index in [2.05, 4.69) is 178 Å². The van der Waals surface area contributed by atoms with Gasteiger partial charge < -0.3 is 14.2 Å². The Balaban J connectivity index is 1.60. The van der Waals surface area contributed by atoms with Crippen molar-refractivity contribution in [2.75, 3.05) is 14.2 Å². The molecule has 0 bridgehead atoms. The maximum absolute atomic E-state index is 6.73. The molecule has 0 atom stereocenters. The zero-order valence-corrected chi connectivity index (χ0v) is 24.5. The molecule has 0 unspecified atom stereocenters. The number of hydrogen-bond acceptors (Lipinski definition) is 3. The molecule has 6 aromatic carbocycles. The molecule has 1 saturated heterocycles. The van der Waals surface area contributed by atoms with E-state index >= 15 is 0 Å². The fourth-order valence-corrected chi connectivity index (χ4v) is 6.51. The Hall–Kier alpha value is -4.80. The van der Waals surface area contributed by atoms with Crippen LogP contribution in [0.5, 0.6) is 0 Å². The van der Waals surface area contributed by atoms with Gasteiger partial charge >= 0.3 is 20.9 Å². The molecule has 0 radical (unpaired) electrons. The van der Waals surface area contributed by atoms with Gasteiger partial charge in [-0.1, -0.05) is 145 Å². The lowest BCUT2D eigenvalue weighted by Crippen LogP contribution is -2.86. The summed E-state index contributed by atoms with van der Waals surface area (Å²) < 4.78 is 7.63. The number of nitrogens with zero attached hydrogens (tertiary/aromatic N) is 3. The van der Waals surface area contributed by atoms with Gasteiger partial charge in [-0.2, -0.15) is 0 Å². The van der Waals surface area contributed by atoms with Crippen LogP contribution >= 0.6 is 11.6 Å². The maximum Gasteiger partial charge on any atom is 0.388 e. The van der Waals surface area contributed by atoms with E-state index in [1.54, 1.807) is 0 Å². The molecule has 6 aromatic rings. The fourth-order valence-electron chi connectivity index (χ4n) is 6.33. The largest absolute Gasteiger partial charge is 0.416 e. The molecule has 7 heteroatoms. The molecule has 7 rings (SSSR count). The second kappa shape index (κ2) is 12.2. The van der Waals surface area contributed by atoms with E-state index in [1.807, 2.05) is 12.1 Å². The topological polar surface area (TPSA) is 9.72 Å². The summed E-state index contributed by atoms with van der Waals surface area (Å²) in [6.07, 6.45) is 0. The van der Waals surface area contributed by atoms with E-state index in [4.69, 9.17) is 11.6 Å². The second-order valence-corrected chi connectivity index (χ2v) is 11.2. The summed E-state index contributed by atoms with van der Waals surface area (Å²) in [5.41, 5.74) is 6.91. The van der Waals surface area contributed by atoms with Crippen molar-refractivity contribution in [1.29, 1.82) is 0 Å². The summed E-state index contributed by atoms with van der Waals surface area (Å²) in [4.78, 5) is 0. The highest BCUT2D eigenvalue weighted by molar-refractivity contribution is 7.14. The average molecular weight is 572 g/mol. The Bertz CT molecular complexity index is 1670. The van der Waals surface area contributed by atoms with Crippen molar-refractivity contribution in [2.24, 2.45) is 0 Å². The number of para-hydroxylation sites is 2. The second-order valence-electron chi connectivity index (χ2n) is 10.7. The van der Waals surface area contributed by atoms with Gasteiger partial charge in [0.25, 0.3) is 0 Å². The van der Waals surface area contributed by atoms with Crippen LogP contribution in [0.15, 0.2) is 176 Å². The lowest BCUT2D eigenvalue weighted by Gasteiger charge is -2.57. The lowest BCUT2D eigenvalue weighted by molar-refractivity contribution is 1.29. The third-order valence-electron chi connectivity index (χ3n) is 8.09. The molecule has 3 nitrogen and oxygen atoms in total. The van der Waals surface area contributed by atoms with Crippen LogP contribution in [0.1, 0.15) is 0 Å². The zero-order chi connectivity index (χ0) is 29.0. The Kier molecular flexibility index (Phi) is 7.68. The van der Waals surface area contributed by atoms with Crippen molar-refractivity contribution >= 4 is 66.0 Å². The number of rotatable bonds is 6. The molecular formula is C36H29B3ClN3. The Labute approximate surface area is 260 Å². The first-order chi connectivity index (χ1) is 21.3. The van der Waals surface area contributed by atoms with Crippen molar-refractivity contribution in [2.45, 2.75) is 0 Å². The van der Waals surface area contributed by atoms with Crippen LogP contribution in [-0.4, -0.2) is 20.9 Å². The van der Waals surface area contributed by atoms with E-state index < -0.39 is 0 Å². The van der Waals surface area contributed by atoms with Crippen LogP contribution in [-0.2, 0) is 0 Å². The molecule has 1 heterocycles. The molecule has 1 aliphatic rings. The van der Waals surface area contributed by atoms with Gasteiger partial charge in [0.15, 0.2) is 0 Å². The van der Waals surface area contributed by atoms with Crippen LogP contribution in [0, 0.1) is 0 Å². The summed E-state index contributed by atoms with van der Waals surface area (Å²) in [7, 11) is 0. The van der Waals surface area contributed by atoms with Gasteiger partial charge in [-0.15, -0.1) is 0 Å². The molecule has 1 fully saturated rings. The molecule has 204 valence electrons. The van der Waals surface area contributed by atoms with E-state index in [0.717, 1.165) is 17.1 Å². The standard InChI is InChI=1S/C36H29B3ClN3/c40-33-23-16-28-36(29-33)43-38(31-19-8-2-9-20-31)41(34-24-12-4-13-25-34)37(30-17-6-1-7-18-30)42(35-26-14-5-15-27-35)39(43)32-21-10-3-11-22-32/h1-29H. The summed E-state index contributed by atoms with van der Waals surface area (Å²) in [6.45, 7) is -0.480. The minimum atomic E-state index is -0.169. The van der Waals surface area contributed by atoms with Crippen molar-refractivity contribution in [3.05, 3.63) is 181 Å². The Morgan fingerprint density at radius 3 is 0.977 bits per heavy atom. The first-order valence-electron chi connectivity index (χ1n) is 14.6. The van der Waals surface area contributed by atoms with Gasteiger partial charge in [0.1, 0.15) is 0 Å². The smallest absolute Gasteiger partial charge is 0.388 e. The van der Waals surface area contributed by atoms with E-state index in [1.165, 1.54) is 16.4 Å². The van der Waals surface area contributed by atoms with Gasteiger partial charge in [-0.25, -0.2) is 0 Å². The molecule has 0 aromatic heterocycles.